The molecule has 2 heterocycles. The molecule has 1 N–H and O–H groups in total. The Morgan fingerprint density at radius 3 is 2.77 bits per heavy atom. The number of Topliss-reactive ketones (excluding diaryl/α,β-unsaturated/α-hetero) is 1. The average molecular weight is 377 g/mol. The highest BCUT2D eigenvalue weighted by Gasteiger charge is 2.16. The van der Waals surface area contributed by atoms with Crippen LogP contribution < -0.4 is 5.48 Å². The van der Waals surface area contributed by atoms with E-state index in [-0.39, 0.29) is 18.3 Å². The first-order valence-corrected chi connectivity index (χ1v) is 10.0. The lowest BCUT2D eigenvalue weighted by atomic mass is 10.1. The number of carbonyl (C=O) groups is 2. The lowest BCUT2D eigenvalue weighted by Crippen LogP contribution is -2.26. The topological polar surface area (TPSA) is 60.3 Å². The summed E-state index contributed by atoms with van der Waals surface area (Å²) < 4.78 is 2.16. The molecule has 0 fully saturated rings. The van der Waals surface area contributed by atoms with E-state index in [1.54, 1.807) is 11.3 Å². The Bertz CT molecular complexity index is 720. The minimum Gasteiger partial charge on any atom is -0.348 e. The Kier molecular flexibility index (Phi) is 8.06. The van der Waals surface area contributed by atoms with Crippen LogP contribution in [0.1, 0.15) is 59.2 Å². The van der Waals surface area contributed by atoms with Crippen LogP contribution >= 0.6 is 11.3 Å². The number of thiophene rings is 1. The molecule has 6 heteroatoms. The first-order chi connectivity index (χ1) is 12.5. The maximum absolute atomic E-state index is 12.4. The summed E-state index contributed by atoms with van der Waals surface area (Å²) in [5.74, 6) is -0.290. The number of ketones is 1. The van der Waals surface area contributed by atoms with Gasteiger partial charge in [0.1, 0.15) is 6.61 Å². The van der Waals surface area contributed by atoms with Crippen molar-refractivity contribution >= 4 is 23.0 Å². The van der Waals surface area contributed by atoms with Gasteiger partial charge >= 0.3 is 0 Å². The molecule has 0 unspecified atom stereocenters. The summed E-state index contributed by atoms with van der Waals surface area (Å²) in [4.78, 5) is 30.5. The van der Waals surface area contributed by atoms with Crippen LogP contribution in [0.15, 0.2) is 23.6 Å². The summed E-state index contributed by atoms with van der Waals surface area (Å²) in [7, 11) is 0. The first kappa shape index (κ1) is 20.4. The van der Waals surface area contributed by atoms with Gasteiger partial charge in [0.15, 0.2) is 5.78 Å². The maximum Gasteiger partial charge on any atom is 0.243 e. The molecule has 0 atom stereocenters. The van der Waals surface area contributed by atoms with Crippen molar-refractivity contribution in [1.29, 1.82) is 0 Å². The molecule has 26 heavy (non-hydrogen) atoms. The van der Waals surface area contributed by atoms with Crippen LogP contribution in [-0.4, -0.2) is 22.9 Å². The van der Waals surface area contributed by atoms with Gasteiger partial charge in [0.25, 0.3) is 0 Å². The Labute approximate surface area is 159 Å². The van der Waals surface area contributed by atoms with Gasteiger partial charge in [-0.1, -0.05) is 25.8 Å². The molecule has 2 aromatic rings. The third-order valence-corrected chi connectivity index (χ3v) is 5.37. The van der Waals surface area contributed by atoms with E-state index in [1.807, 2.05) is 19.9 Å². The largest absolute Gasteiger partial charge is 0.348 e. The van der Waals surface area contributed by atoms with Crippen molar-refractivity contribution in [3.8, 4) is 0 Å². The summed E-state index contributed by atoms with van der Waals surface area (Å²) in [6, 6.07) is 6.08. The molecule has 0 aliphatic carbocycles. The summed E-state index contributed by atoms with van der Waals surface area (Å²) in [5.41, 5.74) is 5.03. The molecule has 5 nitrogen and oxygen atoms in total. The zero-order valence-electron chi connectivity index (χ0n) is 15.8. The van der Waals surface area contributed by atoms with E-state index in [1.165, 1.54) is 4.88 Å². The number of hydrogen-bond acceptors (Lipinski definition) is 4. The second kappa shape index (κ2) is 10.3. The number of rotatable bonds is 11. The minimum absolute atomic E-state index is 0.116. The van der Waals surface area contributed by atoms with Crippen LogP contribution in [0.3, 0.4) is 0 Å². The third kappa shape index (κ3) is 5.81. The summed E-state index contributed by atoms with van der Waals surface area (Å²) >= 11 is 1.75. The van der Waals surface area contributed by atoms with Crippen LogP contribution in [0.5, 0.6) is 0 Å². The van der Waals surface area contributed by atoms with Crippen molar-refractivity contribution in [3.63, 3.8) is 0 Å². The Balaban J connectivity index is 1.85. The quantitative estimate of drug-likeness (QED) is 0.363. The van der Waals surface area contributed by atoms with Crippen LogP contribution in [0.25, 0.3) is 0 Å². The first-order valence-electron chi connectivity index (χ1n) is 9.15. The van der Waals surface area contributed by atoms with Crippen molar-refractivity contribution in [1.82, 2.24) is 10.0 Å². The molecule has 0 aliphatic rings. The molecular weight excluding hydrogens is 348 g/mol. The van der Waals surface area contributed by atoms with Gasteiger partial charge in [-0.05, 0) is 44.2 Å². The fourth-order valence-corrected chi connectivity index (χ4v) is 3.65. The van der Waals surface area contributed by atoms with E-state index < -0.39 is 0 Å². The number of nitrogens with one attached hydrogen (secondary N) is 1. The number of hydroxylamine groups is 1. The molecule has 0 saturated heterocycles. The zero-order chi connectivity index (χ0) is 18.9. The molecule has 0 spiro atoms. The van der Waals surface area contributed by atoms with Gasteiger partial charge in [0, 0.05) is 34.8 Å². The SMILES string of the molecule is CCCCCC(=O)NOCC(=O)c1cc(C)n(CCc2cccs2)c1C. The molecule has 1 amide bonds. The van der Waals surface area contributed by atoms with Crippen LogP contribution in [-0.2, 0) is 22.6 Å². The number of nitrogens with zero attached hydrogens (tertiary/aromatic N) is 1. The smallest absolute Gasteiger partial charge is 0.243 e. The minimum atomic E-state index is -0.173. The predicted octanol–water partition coefficient (Wildman–Crippen LogP) is 4.22. The Morgan fingerprint density at radius 1 is 1.27 bits per heavy atom. The molecule has 142 valence electrons. The van der Waals surface area contributed by atoms with Gasteiger partial charge in [0.05, 0.1) is 0 Å². The lowest BCUT2D eigenvalue weighted by Gasteiger charge is -2.09. The second-order valence-electron chi connectivity index (χ2n) is 6.46. The van der Waals surface area contributed by atoms with Gasteiger partial charge in [-0.15, -0.1) is 11.3 Å². The number of carbonyl (C=O) groups excluding carboxylic acids is 2. The van der Waals surface area contributed by atoms with Crippen molar-refractivity contribution in [2.45, 2.75) is 59.4 Å². The second-order valence-corrected chi connectivity index (χ2v) is 7.49. The lowest BCUT2D eigenvalue weighted by molar-refractivity contribution is -0.132. The normalized spacial score (nSPS) is 10.9. The molecule has 2 aromatic heterocycles. The fraction of sp³-hybridized carbons (Fsp3) is 0.500. The molecule has 0 aromatic carbocycles. The number of amides is 1. The monoisotopic (exact) mass is 376 g/mol. The van der Waals surface area contributed by atoms with Crippen molar-refractivity contribution in [2.75, 3.05) is 6.61 Å². The molecule has 0 aliphatic heterocycles. The van der Waals surface area contributed by atoms with E-state index in [4.69, 9.17) is 4.84 Å². The van der Waals surface area contributed by atoms with E-state index in [0.717, 1.165) is 43.6 Å². The van der Waals surface area contributed by atoms with Crippen LogP contribution in [0.4, 0.5) is 0 Å². The van der Waals surface area contributed by atoms with Crippen LogP contribution in [0.2, 0.25) is 0 Å². The van der Waals surface area contributed by atoms with Crippen molar-refractivity contribution < 1.29 is 14.4 Å². The third-order valence-electron chi connectivity index (χ3n) is 4.43. The van der Waals surface area contributed by atoms with E-state index >= 15 is 0 Å². The molecule has 2 rings (SSSR count). The average Bonchev–Trinajstić information content (AvgIpc) is 3.22. The number of aryl methyl sites for hydroxylation is 2. The van der Waals surface area contributed by atoms with Gasteiger partial charge < -0.3 is 4.57 Å². The van der Waals surface area contributed by atoms with Gasteiger partial charge in [-0.25, -0.2) is 5.48 Å². The highest BCUT2D eigenvalue weighted by atomic mass is 32.1. The van der Waals surface area contributed by atoms with Gasteiger partial charge in [-0.3, -0.25) is 14.4 Å². The highest BCUT2D eigenvalue weighted by molar-refractivity contribution is 7.09. The predicted molar refractivity (Wildman–Crippen MR) is 104 cm³/mol. The standard InChI is InChI=1S/C20H28N2O3S/c1-4-5-6-9-20(24)21-25-14-19(23)18-13-15(2)22(16(18)3)11-10-17-8-7-12-26-17/h7-8,12-13H,4-6,9-11,14H2,1-3H3,(H,21,24). The van der Waals surface area contributed by atoms with Gasteiger partial charge in [0.2, 0.25) is 5.91 Å². The molecule has 0 saturated carbocycles. The Hall–Kier alpha value is -1.92. The Morgan fingerprint density at radius 2 is 2.08 bits per heavy atom. The van der Waals surface area contributed by atoms with Gasteiger partial charge in [-0.2, -0.15) is 0 Å². The van der Waals surface area contributed by atoms with E-state index in [9.17, 15) is 9.59 Å². The van der Waals surface area contributed by atoms with E-state index in [0.29, 0.717) is 12.0 Å². The number of unbranched alkanes of at least 4 members (excludes halogenated alkanes) is 2. The summed E-state index contributed by atoms with van der Waals surface area (Å²) in [5, 5.41) is 2.08. The highest BCUT2D eigenvalue weighted by Crippen LogP contribution is 2.18. The van der Waals surface area contributed by atoms with Crippen LogP contribution in [0, 0.1) is 13.8 Å². The number of aromatic nitrogens is 1. The molecular formula is C20H28N2O3S. The summed E-state index contributed by atoms with van der Waals surface area (Å²) in [6.45, 7) is 6.76. The fourth-order valence-electron chi connectivity index (χ4n) is 2.95. The van der Waals surface area contributed by atoms with Crippen molar-refractivity contribution in [3.05, 3.63) is 45.4 Å². The van der Waals surface area contributed by atoms with Crippen molar-refractivity contribution in [2.24, 2.45) is 0 Å². The maximum atomic E-state index is 12.4. The molecule has 0 radical (unpaired) electrons. The summed E-state index contributed by atoms with van der Waals surface area (Å²) in [6.07, 6.45) is 4.30. The van der Waals surface area contributed by atoms with E-state index in [2.05, 4.69) is 34.5 Å². The molecule has 0 bridgehead atoms. The number of hydrogen-bond donors (Lipinski definition) is 1. The zero-order valence-corrected chi connectivity index (χ0v) is 16.7.